The Bertz CT molecular complexity index is 818. The van der Waals surface area contributed by atoms with Crippen LogP contribution in [0.5, 0.6) is 5.75 Å². The molecule has 118 valence electrons. The van der Waals surface area contributed by atoms with Gasteiger partial charge in [-0.15, -0.1) is 0 Å². The summed E-state index contributed by atoms with van der Waals surface area (Å²) in [5.41, 5.74) is 0.705. The quantitative estimate of drug-likeness (QED) is 0.582. The number of hydrogen-bond acceptors (Lipinski definition) is 5. The van der Waals surface area contributed by atoms with Crippen LogP contribution in [0.4, 0.5) is 10.5 Å². The minimum absolute atomic E-state index is 0.0302. The molecule has 6 nitrogen and oxygen atoms in total. The maximum absolute atomic E-state index is 12.1. The summed E-state index contributed by atoms with van der Waals surface area (Å²) in [6.07, 6.45) is 0. The van der Waals surface area contributed by atoms with E-state index in [9.17, 15) is 14.4 Å². The first-order valence-electron chi connectivity index (χ1n) is 7.51. The van der Waals surface area contributed by atoms with E-state index >= 15 is 0 Å². The van der Waals surface area contributed by atoms with E-state index in [0.717, 1.165) is 0 Å². The lowest BCUT2D eigenvalue weighted by Gasteiger charge is -2.36. The van der Waals surface area contributed by atoms with Gasteiger partial charge in [0.15, 0.2) is 5.81 Å². The molecule has 0 aliphatic carbocycles. The molecule has 0 unspecified atom stereocenters. The molecule has 1 aliphatic heterocycles. The highest BCUT2D eigenvalue weighted by molar-refractivity contribution is 6.56. The van der Waals surface area contributed by atoms with E-state index in [1.165, 1.54) is 7.85 Å². The van der Waals surface area contributed by atoms with Gasteiger partial charge in [0, 0.05) is 26.2 Å². The summed E-state index contributed by atoms with van der Waals surface area (Å²) in [7, 11) is 3.10. The van der Waals surface area contributed by atoms with Crippen LogP contribution in [0.1, 0.15) is 0 Å². The molecule has 2 aromatic rings. The minimum atomic E-state index is -0.456. The fourth-order valence-electron chi connectivity index (χ4n) is 2.97. The van der Waals surface area contributed by atoms with Gasteiger partial charge in [0.2, 0.25) is 18.7 Å². The summed E-state index contributed by atoms with van der Waals surface area (Å²) in [5.74, 6) is 0.672. The molecule has 1 amide bonds. The molecule has 1 heterocycles. The first kappa shape index (κ1) is 15.3. The molecule has 0 aromatic heterocycles. The number of anilines is 1. The van der Waals surface area contributed by atoms with Gasteiger partial charge in [0.05, 0.1) is 12.7 Å². The smallest absolute Gasteiger partial charge is 0.250 e. The first-order chi connectivity index (χ1) is 11.0. The largest absolute Gasteiger partial charge is 0.497 e. The Morgan fingerprint density at radius 1 is 1.13 bits per heavy atom. The van der Waals surface area contributed by atoms with Crippen molar-refractivity contribution in [2.24, 2.45) is 0 Å². The summed E-state index contributed by atoms with van der Waals surface area (Å²) >= 11 is 0. The Morgan fingerprint density at radius 3 is 2.43 bits per heavy atom. The molecule has 0 bridgehead atoms. The lowest BCUT2D eigenvalue weighted by Crippen LogP contribution is -2.52. The van der Waals surface area contributed by atoms with Crippen LogP contribution in [0, 0.1) is 0 Å². The van der Waals surface area contributed by atoms with Crippen LogP contribution < -0.4 is 20.5 Å². The number of carbonyl (C=O) groups is 1. The highest BCUT2D eigenvalue weighted by Crippen LogP contribution is 2.29. The van der Waals surface area contributed by atoms with Crippen LogP contribution in [0.3, 0.4) is 0 Å². The van der Waals surface area contributed by atoms with E-state index in [-0.39, 0.29) is 5.81 Å². The Labute approximate surface area is 134 Å². The molecule has 0 N–H and O–H groups in total. The Hall–Kier alpha value is -2.57. The third kappa shape index (κ3) is 2.63. The normalized spacial score (nSPS) is 15.0. The molecule has 1 saturated heterocycles. The second-order valence-electron chi connectivity index (χ2n) is 5.61. The van der Waals surface area contributed by atoms with Gasteiger partial charge in [0.1, 0.15) is 11.4 Å². The molecule has 1 aliphatic rings. The van der Waals surface area contributed by atoms with Crippen LogP contribution in [0.2, 0.25) is 0 Å². The van der Waals surface area contributed by atoms with Crippen LogP contribution in [0.15, 0.2) is 33.9 Å². The molecule has 0 atom stereocenters. The highest BCUT2D eigenvalue weighted by Gasteiger charge is 2.29. The maximum atomic E-state index is 12.1. The monoisotopic (exact) mass is 312 g/mol. The molecule has 0 radical (unpaired) electrons. The van der Waals surface area contributed by atoms with Gasteiger partial charge in [-0.2, -0.15) is 0 Å². The van der Waals surface area contributed by atoms with Gasteiger partial charge < -0.3 is 14.5 Å². The van der Waals surface area contributed by atoms with Crippen molar-refractivity contribution in [3.8, 4) is 16.9 Å². The number of benzene rings is 1. The molecule has 1 fully saturated rings. The predicted molar refractivity (Wildman–Crippen MR) is 91.1 cm³/mol. The van der Waals surface area contributed by atoms with E-state index in [1.807, 2.05) is 4.90 Å². The van der Waals surface area contributed by atoms with Crippen molar-refractivity contribution in [2.45, 2.75) is 0 Å². The number of carbonyl (C=O) groups excluding carboxylic acids is 1. The highest BCUT2D eigenvalue weighted by atomic mass is 16.5. The van der Waals surface area contributed by atoms with Crippen molar-refractivity contribution in [2.75, 3.05) is 38.2 Å². The standard InChI is InChI=1S/C16H17BN2O4/c1-23-11-4-2-3-10(9-11)12-13(15(21)14(12)20)18-5-7-19(8-6-18)16(17)22/h2-4,9H,5-8,17H2,1H3. The molecule has 0 saturated carbocycles. The van der Waals surface area contributed by atoms with Crippen molar-refractivity contribution < 1.29 is 9.53 Å². The van der Waals surface area contributed by atoms with Crippen molar-refractivity contribution >= 4 is 19.3 Å². The lowest BCUT2D eigenvalue weighted by molar-refractivity contribution is 0.218. The Morgan fingerprint density at radius 2 is 1.83 bits per heavy atom. The molecule has 3 rings (SSSR count). The van der Waals surface area contributed by atoms with Gasteiger partial charge >= 0.3 is 0 Å². The van der Waals surface area contributed by atoms with E-state index in [4.69, 9.17) is 4.74 Å². The maximum Gasteiger partial charge on any atom is 0.250 e. The average Bonchev–Trinajstić information content (AvgIpc) is 2.58. The average molecular weight is 312 g/mol. The van der Waals surface area contributed by atoms with E-state index in [1.54, 1.807) is 36.3 Å². The third-order valence-corrected chi connectivity index (χ3v) is 4.28. The van der Waals surface area contributed by atoms with Crippen LogP contribution in [-0.4, -0.2) is 51.8 Å². The van der Waals surface area contributed by atoms with Gasteiger partial charge in [-0.1, -0.05) is 12.1 Å². The van der Waals surface area contributed by atoms with Gasteiger partial charge in [-0.3, -0.25) is 14.4 Å². The van der Waals surface area contributed by atoms with E-state index in [2.05, 4.69) is 0 Å². The van der Waals surface area contributed by atoms with Gasteiger partial charge in [-0.05, 0) is 17.7 Å². The zero-order valence-electron chi connectivity index (χ0n) is 13.2. The number of methoxy groups -OCH3 is 1. The molecular formula is C16H17BN2O4. The fraction of sp³-hybridized carbons (Fsp3) is 0.312. The number of amides is 1. The fourth-order valence-corrected chi connectivity index (χ4v) is 2.97. The minimum Gasteiger partial charge on any atom is -0.497 e. The Kier molecular flexibility index (Phi) is 3.94. The van der Waals surface area contributed by atoms with Crippen molar-refractivity contribution in [1.82, 2.24) is 4.90 Å². The summed E-state index contributed by atoms with van der Waals surface area (Å²) in [6, 6.07) is 7.14. The number of ether oxygens (including phenoxy) is 1. The number of rotatable bonds is 3. The van der Waals surface area contributed by atoms with E-state index < -0.39 is 10.9 Å². The molecular weight excluding hydrogens is 295 g/mol. The molecule has 0 spiro atoms. The van der Waals surface area contributed by atoms with Crippen molar-refractivity contribution in [1.29, 1.82) is 0 Å². The first-order valence-corrected chi connectivity index (χ1v) is 7.51. The zero-order chi connectivity index (χ0) is 16.6. The van der Waals surface area contributed by atoms with Gasteiger partial charge in [-0.25, -0.2) is 0 Å². The van der Waals surface area contributed by atoms with Crippen molar-refractivity contribution in [3.63, 3.8) is 0 Å². The summed E-state index contributed by atoms with van der Waals surface area (Å²) < 4.78 is 5.18. The summed E-state index contributed by atoms with van der Waals surface area (Å²) in [6.45, 7) is 2.24. The SMILES string of the molecule is BC(=O)N1CCN(c2c(-c3cccc(OC)c3)c(=O)c2=O)CC1. The lowest BCUT2D eigenvalue weighted by atomic mass is 9.97. The number of piperazine rings is 1. The van der Waals surface area contributed by atoms with Crippen molar-refractivity contribution in [3.05, 3.63) is 44.7 Å². The third-order valence-electron chi connectivity index (χ3n) is 4.28. The summed E-state index contributed by atoms with van der Waals surface area (Å²) in [5, 5.41) is 0. The second-order valence-corrected chi connectivity index (χ2v) is 5.61. The zero-order valence-corrected chi connectivity index (χ0v) is 13.2. The van der Waals surface area contributed by atoms with Crippen LogP contribution in [-0.2, 0) is 0 Å². The van der Waals surface area contributed by atoms with Gasteiger partial charge in [0.25, 0.3) is 0 Å². The topological polar surface area (TPSA) is 66.9 Å². The molecule has 7 heteroatoms. The van der Waals surface area contributed by atoms with Crippen LogP contribution >= 0.6 is 0 Å². The number of hydrogen-bond donors (Lipinski definition) is 0. The predicted octanol–water partition coefficient (Wildman–Crippen LogP) is -0.167. The van der Waals surface area contributed by atoms with E-state index in [0.29, 0.717) is 48.7 Å². The second kappa shape index (κ2) is 5.91. The number of nitrogens with zero attached hydrogens (tertiary/aromatic N) is 2. The van der Waals surface area contributed by atoms with Crippen LogP contribution in [0.25, 0.3) is 11.1 Å². The molecule has 23 heavy (non-hydrogen) atoms. The Balaban J connectivity index is 1.91. The molecule has 2 aromatic carbocycles. The summed E-state index contributed by atoms with van der Waals surface area (Å²) in [4.78, 5) is 39.1.